The monoisotopic (exact) mass is 457 g/mol. The van der Waals surface area contributed by atoms with Crippen LogP contribution in [-0.2, 0) is 6.61 Å². The van der Waals surface area contributed by atoms with Crippen molar-refractivity contribution in [2.45, 2.75) is 6.61 Å². The number of hydrogen-bond donors (Lipinski definition) is 2. The lowest BCUT2D eigenvalue weighted by molar-refractivity contribution is 0.274. The third-order valence-electron chi connectivity index (χ3n) is 4.80. The van der Waals surface area contributed by atoms with E-state index in [0.717, 1.165) is 12.1 Å². The highest BCUT2D eigenvalue weighted by Crippen LogP contribution is 2.23. The van der Waals surface area contributed by atoms with Gasteiger partial charge in [-0.2, -0.15) is 10.4 Å². The van der Waals surface area contributed by atoms with E-state index in [1.807, 2.05) is 12.1 Å². The molecule has 1 heterocycles. The number of rotatable bonds is 7. The molecular weight excluding hydrogens is 440 g/mol. The number of ether oxygens (including phenoxy) is 1. The molecule has 168 valence electrons. The smallest absolute Gasteiger partial charge is 0.270 e. The minimum absolute atomic E-state index is 0.0428. The second kappa shape index (κ2) is 10.2. The van der Waals surface area contributed by atoms with Crippen molar-refractivity contribution in [2.75, 3.05) is 5.43 Å². The first-order chi connectivity index (χ1) is 16.6. The van der Waals surface area contributed by atoms with Gasteiger partial charge in [-0.15, -0.1) is 0 Å². The lowest BCUT2D eigenvalue weighted by Gasteiger charge is -2.10. The second-order valence-corrected chi connectivity index (χ2v) is 7.02. The van der Waals surface area contributed by atoms with Crippen LogP contribution >= 0.6 is 0 Å². The van der Waals surface area contributed by atoms with Gasteiger partial charge in [-0.1, -0.05) is 60.7 Å². The minimum Gasteiger partial charge on any atom is -0.483 e. The molecule has 2 N–H and O–H groups in total. The summed E-state index contributed by atoms with van der Waals surface area (Å²) in [5, 5.41) is 13.5. The molecule has 0 atom stereocenters. The van der Waals surface area contributed by atoms with Crippen LogP contribution < -0.4 is 15.7 Å². The zero-order valence-electron chi connectivity index (χ0n) is 17.6. The Morgan fingerprint density at radius 2 is 1.74 bits per heavy atom. The van der Waals surface area contributed by atoms with E-state index in [1.165, 1.54) is 12.3 Å². The van der Waals surface area contributed by atoms with Crippen LogP contribution in [0.15, 0.2) is 82.7 Å². The van der Waals surface area contributed by atoms with E-state index in [4.69, 9.17) is 4.74 Å². The molecule has 0 saturated heterocycles. The molecule has 0 spiro atoms. The SMILES string of the molecule is N#Cc1c(-c2ccccc2)nc(NN=Cc2ccccc2COc2c(F)cccc2F)[nH]c1=O. The topological polar surface area (TPSA) is 103 Å². The van der Waals surface area contributed by atoms with E-state index in [1.54, 1.807) is 48.5 Å². The molecule has 1 aromatic heterocycles. The largest absolute Gasteiger partial charge is 0.483 e. The summed E-state index contributed by atoms with van der Waals surface area (Å²) < 4.78 is 33.0. The van der Waals surface area contributed by atoms with Gasteiger partial charge in [0.15, 0.2) is 17.4 Å². The molecule has 0 saturated carbocycles. The van der Waals surface area contributed by atoms with Crippen LogP contribution in [0.4, 0.5) is 14.7 Å². The maximum atomic E-state index is 13.8. The highest BCUT2D eigenvalue weighted by atomic mass is 19.1. The summed E-state index contributed by atoms with van der Waals surface area (Å²) >= 11 is 0. The lowest BCUT2D eigenvalue weighted by atomic mass is 10.1. The van der Waals surface area contributed by atoms with E-state index < -0.39 is 22.9 Å². The van der Waals surface area contributed by atoms with Crippen LogP contribution in [0.3, 0.4) is 0 Å². The number of para-hydroxylation sites is 1. The Hall–Kier alpha value is -4.84. The van der Waals surface area contributed by atoms with Crippen molar-refractivity contribution in [1.82, 2.24) is 9.97 Å². The zero-order valence-corrected chi connectivity index (χ0v) is 17.6. The predicted molar refractivity (Wildman–Crippen MR) is 123 cm³/mol. The maximum absolute atomic E-state index is 13.8. The molecule has 0 unspecified atom stereocenters. The number of hydrazone groups is 1. The predicted octanol–water partition coefficient (Wildman–Crippen LogP) is 4.61. The van der Waals surface area contributed by atoms with Crippen LogP contribution in [0, 0.1) is 23.0 Å². The Morgan fingerprint density at radius 1 is 1.03 bits per heavy atom. The Bertz CT molecular complexity index is 1430. The van der Waals surface area contributed by atoms with Gasteiger partial charge in [0.1, 0.15) is 18.2 Å². The summed E-state index contributed by atoms with van der Waals surface area (Å²) in [5.74, 6) is -2.00. The Morgan fingerprint density at radius 3 is 2.47 bits per heavy atom. The summed E-state index contributed by atoms with van der Waals surface area (Å²) in [7, 11) is 0. The summed E-state index contributed by atoms with van der Waals surface area (Å²) in [6, 6.07) is 21.2. The van der Waals surface area contributed by atoms with Gasteiger partial charge in [-0.05, 0) is 17.7 Å². The number of anilines is 1. The van der Waals surface area contributed by atoms with Crippen molar-refractivity contribution in [2.24, 2.45) is 5.10 Å². The van der Waals surface area contributed by atoms with Gasteiger partial charge in [0.05, 0.1) is 11.9 Å². The van der Waals surface area contributed by atoms with Gasteiger partial charge < -0.3 is 4.74 Å². The van der Waals surface area contributed by atoms with E-state index in [9.17, 15) is 18.8 Å². The summed E-state index contributed by atoms with van der Waals surface area (Å²) in [4.78, 5) is 19.1. The summed E-state index contributed by atoms with van der Waals surface area (Å²) in [6.45, 7) is -0.0931. The fraction of sp³-hybridized carbons (Fsp3) is 0.0400. The first kappa shape index (κ1) is 22.4. The molecule has 0 amide bonds. The van der Waals surface area contributed by atoms with Crippen molar-refractivity contribution < 1.29 is 13.5 Å². The van der Waals surface area contributed by atoms with E-state index in [-0.39, 0.29) is 23.8 Å². The third kappa shape index (κ3) is 4.97. The Labute approximate surface area is 193 Å². The number of H-pyrrole nitrogens is 1. The molecule has 0 radical (unpaired) electrons. The Kier molecular flexibility index (Phi) is 6.70. The lowest BCUT2D eigenvalue weighted by Crippen LogP contribution is -2.16. The van der Waals surface area contributed by atoms with Gasteiger partial charge in [-0.25, -0.2) is 19.2 Å². The van der Waals surface area contributed by atoms with Gasteiger partial charge in [0.2, 0.25) is 5.95 Å². The van der Waals surface area contributed by atoms with Crippen molar-refractivity contribution in [1.29, 1.82) is 5.26 Å². The van der Waals surface area contributed by atoms with Crippen LogP contribution in [0.1, 0.15) is 16.7 Å². The van der Waals surface area contributed by atoms with E-state index in [2.05, 4.69) is 20.5 Å². The highest BCUT2D eigenvalue weighted by Gasteiger charge is 2.13. The van der Waals surface area contributed by atoms with Gasteiger partial charge in [0.25, 0.3) is 5.56 Å². The molecule has 0 fully saturated rings. The van der Waals surface area contributed by atoms with Gasteiger partial charge >= 0.3 is 0 Å². The summed E-state index contributed by atoms with van der Waals surface area (Å²) in [6.07, 6.45) is 1.46. The number of nitrogens with one attached hydrogen (secondary N) is 2. The average Bonchev–Trinajstić information content (AvgIpc) is 2.85. The number of benzene rings is 3. The number of nitrogens with zero attached hydrogens (tertiary/aromatic N) is 3. The number of aromatic amines is 1. The number of aromatic nitrogens is 2. The average molecular weight is 457 g/mol. The fourth-order valence-electron chi connectivity index (χ4n) is 3.16. The minimum atomic E-state index is -0.794. The third-order valence-corrected chi connectivity index (χ3v) is 4.80. The van der Waals surface area contributed by atoms with Crippen LogP contribution in [0.25, 0.3) is 11.3 Å². The first-order valence-corrected chi connectivity index (χ1v) is 10.1. The first-order valence-electron chi connectivity index (χ1n) is 10.1. The molecular formula is C25H17F2N5O2. The molecule has 9 heteroatoms. The molecule has 0 aliphatic rings. The number of halogens is 2. The van der Waals surface area contributed by atoms with Crippen molar-refractivity contribution in [3.8, 4) is 23.1 Å². The van der Waals surface area contributed by atoms with E-state index >= 15 is 0 Å². The number of hydrogen-bond acceptors (Lipinski definition) is 6. The van der Waals surface area contributed by atoms with E-state index in [0.29, 0.717) is 16.7 Å². The molecule has 0 bridgehead atoms. The normalized spacial score (nSPS) is 10.7. The molecule has 7 nitrogen and oxygen atoms in total. The quantitative estimate of drug-likeness (QED) is 0.312. The Balaban J connectivity index is 1.54. The number of nitriles is 1. The highest BCUT2D eigenvalue weighted by molar-refractivity contribution is 5.82. The van der Waals surface area contributed by atoms with Gasteiger partial charge in [-0.3, -0.25) is 9.78 Å². The fourth-order valence-corrected chi connectivity index (χ4v) is 3.16. The van der Waals surface area contributed by atoms with Crippen molar-refractivity contribution >= 4 is 12.2 Å². The van der Waals surface area contributed by atoms with Crippen molar-refractivity contribution in [3.63, 3.8) is 0 Å². The second-order valence-electron chi connectivity index (χ2n) is 7.02. The van der Waals surface area contributed by atoms with Gasteiger partial charge in [0, 0.05) is 11.1 Å². The molecule has 4 aromatic rings. The van der Waals surface area contributed by atoms with Crippen LogP contribution in [0.2, 0.25) is 0 Å². The molecule has 4 rings (SSSR count). The van der Waals surface area contributed by atoms with Crippen LogP contribution in [-0.4, -0.2) is 16.2 Å². The van der Waals surface area contributed by atoms with Crippen molar-refractivity contribution in [3.05, 3.63) is 111 Å². The molecule has 0 aliphatic carbocycles. The summed E-state index contributed by atoms with van der Waals surface area (Å²) in [5.41, 5.74) is 4.02. The van der Waals surface area contributed by atoms with Crippen LogP contribution in [0.5, 0.6) is 5.75 Å². The molecule has 3 aromatic carbocycles. The maximum Gasteiger partial charge on any atom is 0.270 e. The molecule has 0 aliphatic heterocycles. The molecule has 34 heavy (non-hydrogen) atoms. The standard InChI is InChI=1S/C25H17F2N5O2/c26-20-11-6-12-21(27)23(20)34-15-18-10-5-4-9-17(18)14-29-32-25-30-22(16-7-2-1-3-8-16)19(13-28)24(33)31-25/h1-12,14H,15H2,(H2,30,31,32,33). The zero-order chi connectivity index (χ0) is 23.9.